The van der Waals surface area contributed by atoms with Crippen LogP contribution in [0.1, 0.15) is 34.8 Å². The highest BCUT2D eigenvalue weighted by molar-refractivity contribution is 7.09. The molecule has 0 saturated heterocycles. The zero-order valence-electron chi connectivity index (χ0n) is 11.4. The van der Waals surface area contributed by atoms with Crippen molar-refractivity contribution in [1.82, 2.24) is 10.3 Å². The maximum Gasteiger partial charge on any atom is 0.252 e. The van der Waals surface area contributed by atoms with Gasteiger partial charge in [-0.1, -0.05) is 6.92 Å². The molecule has 2 rings (SSSR count). The van der Waals surface area contributed by atoms with E-state index >= 15 is 0 Å². The molecule has 0 aliphatic carbocycles. The van der Waals surface area contributed by atoms with Gasteiger partial charge in [0.2, 0.25) is 0 Å². The standard InChI is InChI=1S/C14H17N3O2S/c1-3-12(14-16-4-5-20-14)17-13(18)9-6-10(15)8-11(7-9)19-2/h4-8,12H,3,15H2,1-2H3,(H,17,18). The summed E-state index contributed by atoms with van der Waals surface area (Å²) in [5.74, 6) is 0.384. The van der Waals surface area contributed by atoms with E-state index in [1.165, 1.54) is 11.3 Å². The Kier molecular flexibility index (Phi) is 4.57. The second-order valence-corrected chi connectivity index (χ2v) is 5.23. The quantitative estimate of drug-likeness (QED) is 0.830. The summed E-state index contributed by atoms with van der Waals surface area (Å²) in [5, 5.41) is 5.76. The van der Waals surface area contributed by atoms with Crippen molar-refractivity contribution in [2.45, 2.75) is 19.4 Å². The van der Waals surface area contributed by atoms with Crippen LogP contribution in [0.2, 0.25) is 0 Å². The van der Waals surface area contributed by atoms with E-state index in [-0.39, 0.29) is 11.9 Å². The minimum absolute atomic E-state index is 0.0880. The molecular weight excluding hydrogens is 274 g/mol. The SMILES string of the molecule is CCC(NC(=O)c1cc(N)cc(OC)c1)c1nccs1. The zero-order chi connectivity index (χ0) is 14.5. The zero-order valence-corrected chi connectivity index (χ0v) is 12.2. The average molecular weight is 291 g/mol. The Morgan fingerprint density at radius 2 is 2.30 bits per heavy atom. The third-order valence-corrected chi connectivity index (χ3v) is 3.78. The molecule has 0 fully saturated rings. The lowest BCUT2D eigenvalue weighted by Crippen LogP contribution is -2.28. The third-order valence-electron chi connectivity index (χ3n) is 2.89. The summed E-state index contributed by atoms with van der Waals surface area (Å²) >= 11 is 1.53. The van der Waals surface area contributed by atoms with Crippen molar-refractivity contribution in [1.29, 1.82) is 0 Å². The number of hydrogen-bond donors (Lipinski definition) is 2. The van der Waals surface area contributed by atoms with Crippen molar-refractivity contribution in [2.24, 2.45) is 0 Å². The molecular formula is C14H17N3O2S. The summed E-state index contributed by atoms with van der Waals surface area (Å²) in [6, 6.07) is 4.89. The molecule has 3 N–H and O–H groups in total. The summed E-state index contributed by atoms with van der Waals surface area (Å²) in [6.07, 6.45) is 2.51. The largest absolute Gasteiger partial charge is 0.497 e. The Labute approximate surface area is 121 Å². The molecule has 1 unspecified atom stereocenters. The number of carbonyl (C=O) groups is 1. The highest BCUT2D eigenvalue weighted by atomic mass is 32.1. The van der Waals surface area contributed by atoms with Crippen LogP contribution < -0.4 is 15.8 Å². The first kappa shape index (κ1) is 14.3. The van der Waals surface area contributed by atoms with Crippen LogP contribution in [0, 0.1) is 0 Å². The number of ether oxygens (including phenoxy) is 1. The molecule has 20 heavy (non-hydrogen) atoms. The number of amides is 1. The van der Waals surface area contributed by atoms with Gasteiger partial charge in [0.25, 0.3) is 5.91 Å². The third kappa shape index (κ3) is 3.27. The van der Waals surface area contributed by atoms with E-state index in [1.807, 2.05) is 12.3 Å². The van der Waals surface area contributed by atoms with Crippen LogP contribution in [0.5, 0.6) is 5.75 Å². The molecule has 0 aliphatic heterocycles. The Balaban J connectivity index is 2.17. The van der Waals surface area contributed by atoms with Crippen molar-refractivity contribution < 1.29 is 9.53 Å². The average Bonchev–Trinajstić information content (AvgIpc) is 2.97. The maximum absolute atomic E-state index is 12.3. The second kappa shape index (κ2) is 6.38. The summed E-state index contributed by atoms with van der Waals surface area (Å²) in [7, 11) is 1.54. The predicted octanol–water partition coefficient (Wildman–Crippen LogP) is 2.62. The molecule has 5 nitrogen and oxygen atoms in total. The van der Waals surface area contributed by atoms with Crippen LogP contribution >= 0.6 is 11.3 Å². The van der Waals surface area contributed by atoms with Crippen LogP contribution in [0.4, 0.5) is 5.69 Å². The molecule has 1 aromatic heterocycles. The maximum atomic E-state index is 12.3. The van der Waals surface area contributed by atoms with Crippen molar-refractivity contribution in [2.75, 3.05) is 12.8 Å². The van der Waals surface area contributed by atoms with Gasteiger partial charge in [-0.2, -0.15) is 0 Å². The van der Waals surface area contributed by atoms with Gasteiger partial charge in [-0.3, -0.25) is 4.79 Å². The van der Waals surface area contributed by atoms with Crippen LogP contribution in [0.3, 0.4) is 0 Å². The lowest BCUT2D eigenvalue weighted by atomic mass is 10.1. The summed E-state index contributed by atoms with van der Waals surface area (Å²) in [4.78, 5) is 16.5. The Morgan fingerprint density at radius 3 is 2.90 bits per heavy atom. The van der Waals surface area contributed by atoms with E-state index in [0.29, 0.717) is 17.0 Å². The minimum atomic E-state index is -0.183. The van der Waals surface area contributed by atoms with Crippen LogP contribution in [0.25, 0.3) is 0 Å². The molecule has 2 aromatic rings. The first-order chi connectivity index (χ1) is 9.63. The molecule has 1 aromatic carbocycles. The topological polar surface area (TPSA) is 77.2 Å². The Bertz CT molecular complexity index is 584. The van der Waals surface area contributed by atoms with E-state index in [1.54, 1.807) is 31.5 Å². The van der Waals surface area contributed by atoms with Gasteiger partial charge >= 0.3 is 0 Å². The molecule has 0 saturated carbocycles. The molecule has 1 amide bonds. The molecule has 0 bridgehead atoms. The van der Waals surface area contributed by atoms with Crippen LogP contribution in [-0.2, 0) is 0 Å². The van der Waals surface area contributed by atoms with Crippen molar-refractivity contribution in [3.05, 3.63) is 40.3 Å². The number of methoxy groups -OCH3 is 1. The highest BCUT2D eigenvalue weighted by Crippen LogP contribution is 2.22. The Morgan fingerprint density at radius 1 is 1.50 bits per heavy atom. The molecule has 0 spiro atoms. The fourth-order valence-electron chi connectivity index (χ4n) is 1.86. The van der Waals surface area contributed by atoms with E-state index < -0.39 is 0 Å². The van der Waals surface area contributed by atoms with Gasteiger partial charge in [-0.25, -0.2) is 4.98 Å². The van der Waals surface area contributed by atoms with Crippen LogP contribution in [0.15, 0.2) is 29.8 Å². The fourth-order valence-corrected chi connectivity index (χ4v) is 2.63. The second-order valence-electron chi connectivity index (χ2n) is 4.30. The number of nitrogens with one attached hydrogen (secondary N) is 1. The summed E-state index contributed by atoms with van der Waals surface area (Å²) in [6.45, 7) is 2.01. The fraction of sp³-hybridized carbons (Fsp3) is 0.286. The monoisotopic (exact) mass is 291 g/mol. The van der Waals surface area contributed by atoms with E-state index in [0.717, 1.165) is 11.4 Å². The van der Waals surface area contributed by atoms with Crippen LogP contribution in [-0.4, -0.2) is 18.0 Å². The number of rotatable bonds is 5. The van der Waals surface area contributed by atoms with Gasteiger partial charge < -0.3 is 15.8 Å². The lowest BCUT2D eigenvalue weighted by molar-refractivity contribution is 0.0935. The first-order valence-corrected chi connectivity index (χ1v) is 7.16. The number of carbonyl (C=O) groups excluding carboxylic acids is 1. The minimum Gasteiger partial charge on any atom is -0.497 e. The Hall–Kier alpha value is -2.08. The molecule has 6 heteroatoms. The van der Waals surface area contributed by atoms with E-state index in [2.05, 4.69) is 10.3 Å². The van der Waals surface area contributed by atoms with Crippen molar-refractivity contribution >= 4 is 22.9 Å². The van der Waals surface area contributed by atoms with Crippen molar-refractivity contribution in [3.8, 4) is 5.75 Å². The number of nitrogen functional groups attached to an aromatic ring is 1. The predicted molar refractivity (Wildman–Crippen MR) is 80.0 cm³/mol. The van der Waals surface area contributed by atoms with Gasteiger partial charge in [0, 0.05) is 28.9 Å². The van der Waals surface area contributed by atoms with Gasteiger partial charge in [0.15, 0.2) is 0 Å². The molecule has 1 heterocycles. The lowest BCUT2D eigenvalue weighted by Gasteiger charge is -2.15. The highest BCUT2D eigenvalue weighted by Gasteiger charge is 2.16. The number of hydrogen-bond acceptors (Lipinski definition) is 5. The van der Waals surface area contributed by atoms with Gasteiger partial charge in [-0.05, 0) is 18.6 Å². The number of benzene rings is 1. The number of nitrogens with zero attached hydrogens (tertiary/aromatic N) is 1. The normalized spacial score (nSPS) is 11.9. The molecule has 1 atom stereocenters. The molecule has 106 valence electrons. The summed E-state index contributed by atoms with van der Waals surface area (Å²) < 4.78 is 5.12. The van der Waals surface area contributed by atoms with Gasteiger partial charge in [0.05, 0.1) is 13.2 Å². The van der Waals surface area contributed by atoms with Gasteiger partial charge in [0.1, 0.15) is 10.8 Å². The molecule has 0 radical (unpaired) electrons. The first-order valence-electron chi connectivity index (χ1n) is 6.28. The number of anilines is 1. The van der Waals surface area contributed by atoms with E-state index in [4.69, 9.17) is 10.5 Å². The number of nitrogens with two attached hydrogens (primary N) is 1. The molecule has 0 aliphatic rings. The number of thiazole rings is 1. The smallest absolute Gasteiger partial charge is 0.252 e. The number of aromatic nitrogens is 1. The van der Waals surface area contributed by atoms with E-state index in [9.17, 15) is 4.79 Å². The van der Waals surface area contributed by atoms with Gasteiger partial charge in [-0.15, -0.1) is 11.3 Å². The summed E-state index contributed by atoms with van der Waals surface area (Å²) in [5.41, 5.74) is 6.74. The van der Waals surface area contributed by atoms with Crippen molar-refractivity contribution in [3.63, 3.8) is 0 Å².